The molecule has 0 atom stereocenters. The molecule has 4 aromatic rings. The van der Waals surface area contributed by atoms with Gasteiger partial charge in [0.2, 0.25) is 5.91 Å². The number of aromatic nitrogens is 3. The molecule has 1 N–H and O–H groups in total. The molecular weight excluding hydrogens is 455 g/mol. The molecule has 0 unspecified atom stereocenters. The number of fused-ring (bicyclic) bond motifs is 1. The summed E-state index contributed by atoms with van der Waals surface area (Å²) in [5, 5.41) is 11.0. The Morgan fingerprint density at radius 3 is 2.46 bits per heavy atom. The molecule has 1 aromatic carbocycles. The minimum Gasteiger partial charge on any atom is -0.360 e. The molecule has 180 valence electrons. The molecule has 0 radical (unpaired) electrons. The molecule has 1 saturated heterocycles. The van der Waals surface area contributed by atoms with Gasteiger partial charge in [0.05, 0.1) is 28.9 Å². The van der Waals surface area contributed by atoms with Gasteiger partial charge in [0, 0.05) is 37.8 Å². The molecule has 35 heavy (non-hydrogen) atoms. The zero-order valence-corrected chi connectivity index (χ0v) is 19.2. The van der Waals surface area contributed by atoms with Crippen LogP contribution in [0.5, 0.6) is 0 Å². The number of nitrogens with one attached hydrogen (secondary N) is 1. The summed E-state index contributed by atoms with van der Waals surface area (Å²) in [5.74, 6) is 0.267. The van der Waals surface area contributed by atoms with Gasteiger partial charge >= 0.3 is 0 Å². The molecule has 1 aliphatic heterocycles. The molecule has 0 bridgehead atoms. The zero-order chi connectivity index (χ0) is 24.5. The van der Waals surface area contributed by atoms with Crippen molar-refractivity contribution in [3.8, 4) is 11.3 Å². The number of aryl methyl sites for hydroxylation is 2. The van der Waals surface area contributed by atoms with Crippen molar-refractivity contribution < 1.29 is 23.0 Å². The van der Waals surface area contributed by atoms with E-state index in [0.717, 1.165) is 0 Å². The maximum Gasteiger partial charge on any atom is 0.259 e. The molecule has 11 heteroatoms. The number of carbonyl (C=O) groups is 2. The molecule has 10 nitrogen and oxygen atoms in total. The van der Waals surface area contributed by atoms with Gasteiger partial charge in [-0.2, -0.15) is 0 Å². The van der Waals surface area contributed by atoms with Crippen LogP contribution in [0.4, 0.5) is 10.2 Å². The lowest BCUT2D eigenvalue weighted by atomic mass is 10.0. The van der Waals surface area contributed by atoms with Gasteiger partial charge in [-0.1, -0.05) is 10.3 Å². The Hall–Kier alpha value is -4.12. The van der Waals surface area contributed by atoms with E-state index in [0.29, 0.717) is 65.7 Å². The maximum absolute atomic E-state index is 13.5. The van der Waals surface area contributed by atoms with Crippen LogP contribution >= 0.6 is 0 Å². The summed E-state index contributed by atoms with van der Waals surface area (Å²) in [6.45, 7) is 5.68. The first-order chi connectivity index (χ1) is 16.9. The highest BCUT2D eigenvalue weighted by molar-refractivity contribution is 6.07. The third-order valence-electron chi connectivity index (χ3n) is 5.91. The van der Waals surface area contributed by atoms with Gasteiger partial charge in [-0.05, 0) is 44.2 Å². The number of hydrogen-bond acceptors (Lipinski definition) is 8. The van der Waals surface area contributed by atoms with Crippen LogP contribution in [0, 0.1) is 19.7 Å². The van der Waals surface area contributed by atoms with E-state index in [9.17, 15) is 14.0 Å². The SMILES string of the molecule is Cc1cc(NC(=O)CN2CCN(C(=O)c3cc(-c4ccc(F)cc4)nc4onc(C)c34)CC2)no1. The van der Waals surface area contributed by atoms with E-state index in [1.807, 2.05) is 4.90 Å². The number of pyridine rings is 1. The summed E-state index contributed by atoms with van der Waals surface area (Å²) < 4.78 is 23.7. The number of halogens is 1. The second kappa shape index (κ2) is 9.26. The van der Waals surface area contributed by atoms with Crippen molar-refractivity contribution in [2.24, 2.45) is 0 Å². The first-order valence-electron chi connectivity index (χ1n) is 11.1. The normalized spacial score (nSPS) is 14.4. The van der Waals surface area contributed by atoms with Crippen LogP contribution < -0.4 is 5.32 Å². The van der Waals surface area contributed by atoms with Crippen molar-refractivity contribution >= 4 is 28.7 Å². The fraction of sp³-hybridized carbons (Fsp3) is 0.292. The highest BCUT2D eigenvalue weighted by Crippen LogP contribution is 2.28. The lowest BCUT2D eigenvalue weighted by Crippen LogP contribution is -2.50. The Morgan fingerprint density at radius 2 is 1.77 bits per heavy atom. The lowest BCUT2D eigenvalue weighted by Gasteiger charge is -2.34. The summed E-state index contributed by atoms with van der Waals surface area (Å²) in [6, 6.07) is 9.23. The van der Waals surface area contributed by atoms with Crippen molar-refractivity contribution in [1.29, 1.82) is 0 Å². The van der Waals surface area contributed by atoms with Gasteiger partial charge in [0.15, 0.2) is 5.82 Å². The quantitative estimate of drug-likeness (QED) is 0.465. The number of nitrogens with zero attached hydrogens (tertiary/aromatic N) is 5. The Morgan fingerprint density at radius 1 is 1.03 bits per heavy atom. The number of piperazine rings is 1. The van der Waals surface area contributed by atoms with Crippen molar-refractivity contribution in [2.75, 3.05) is 38.0 Å². The fourth-order valence-corrected chi connectivity index (χ4v) is 4.12. The molecule has 1 fully saturated rings. The van der Waals surface area contributed by atoms with E-state index < -0.39 is 0 Å². The van der Waals surface area contributed by atoms with Crippen LogP contribution in [0.2, 0.25) is 0 Å². The number of amides is 2. The van der Waals surface area contributed by atoms with Crippen LogP contribution in [0.15, 0.2) is 45.4 Å². The first-order valence-corrected chi connectivity index (χ1v) is 11.1. The Bertz CT molecular complexity index is 1390. The predicted molar refractivity (Wildman–Crippen MR) is 124 cm³/mol. The second-order valence-electron chi connectivity index (χ2n) is 8.45. The Labute approximate surface area is 199 Å². The van der Waals surface area contributed by atoms with Crippen LogP contribution in [0.1, 0.15) is 21.8 Å². The summed E-state index contributed by atoms with van der Waals surface area (Å²) >= 11 is 0. The highest BCUT2D eigenvalue weighted by Gasteiger charge is 2.27. The lowest BCUT2D eigenvalue weighted by molar-refractivity contribution is -0.117. The minimum atomic E-state index is -0.357. The molecule has 0 saturated carbocycles. The molecule has 3 aromatic heterocycles. The van der Waals surface area contributed by atoms with Gasteiger partial charge in [-0.15, -0.1) is 0 Å². The van der Waals surface area contributed by atoms with E-state index in [2.05, 4.69) is 20.6 Å². The molecule has 2 amide bonds. The van der Waals surface area contributed by atoms with Crippen LogP contribution in [0.25, 0.3) is 22.4 Å². The predicted octanol–water partition coefficient (Wildman–Crippen LogP) is 3.03. The van der Waals surface area contributed by atoms with Gasteiger partial charge in [-0.25, -0.2) is 9.37 Å². The van der Waals surface area contributed by atoms with Crippen molar-refractivity contribution in [2.45, 2.75) is 13.8 Å². The fourth-order valence-electron chi connectivity index (χ4n) is 4.12. The van der Waals surface area contributed by atoms with Crippen molar-refractivity contribution in [1.82, 2.24) is 25.1 Å². The number of hydrogen-bond donors (Lipinski definition) is 1. The van der Waals surface area contributed by atoms with Gasteiger partial charge < -0.3 is 19.3 Å². The zero-order valence-electron chi connectivity index (χ0n) is 19.2. The van der Waals surface area contributed by atoms with E-state index in [1.54, 1.807) is 43.0 Å². The molecule has 1 aliphatic rings. The third kappa shape index (κ3) is 4.76. The van der Waals surface area contributed by atoms with E-state index in [1.165, 1.54) is 12.1 Å². The summed E-state index contributed by atoms with van der Waals surface area (Å²) in [4.78, 5) is 34.0. The average molecular weight is 478 g/mol. The number of anilines is 1. The molecular formula is C24H23FN6O4. The van der Waals surface area contributed by atoms with Crippen LogP contribution in [-0.2, 0) is 4.79 Å². The maximum atomic E-state index is 13.5. The third-order valence-corrected chi connectivity index (χ3v) is 5.91. The number of rotatable bonds is 5. The van der Waals surface area contributed by atoms with Crippen LogP contribution in [-0.4, -0.2) is 69.6 Å². The van der Waals surface area contributed by atoms with E-state index in [-0.39, 0.29) is 29.9 Å². The Kier molecular flexibility index (Phi) is 6.00. The van der Waals surface area contributed by atoms with Gasteiger partial charge in [-0.3, -0.25) is 14.5 Å². The standard InChI is InChI=1S/C24H23FN6O4/c1-14-11-20(29-34-14)27-21(32)13-30-7-9-31(10-8-30)24(33)18-12-19(16-3-5-17(25)6-4-16)26-23-22(18)15(2)28-35-23/h3-6,11-12H,7-10,13H2,1-2H3,(H,27,29,32). The molecule has 0 spiro atoms. The smallest absolute Gasteiger partial charge is 0.259 e. The first kappa shape index (κ1) is 22.7. The second-order valence-corrected chi connectivity index (χ2v) is 8.45. The summed E-state index contributed by atoms with van der Waals surface area (Å²) in [6.07, 6.45) is 0. The Balaban J connectivity index is 1.30. The summed E-state index contributed by atoms with van der Waals surface area (Å²) in [5.41, 5.74) is 2.41. The number of benzene rings is 1. The molecule has 4 heterocycles. The topological polar surface area (TPSA) is 118 Å². The average Bonchev–Trinajstić information content (AvgIpc) is 3.43. The van der Waals surface area contributed by atoms with E-state index >= 15 is 0 Å². The van der Waals surface area contributed by atoms with E-state index in [4.69, 9.17) is 9.05 Å². The van der Waals surface area contributed by atoms with Crippen LogP contribution in [0.3, 0.4) is 0 Å². The highest BCUT2D eigenvalue weighted by atomic mass is 19.1. The van der Waals surface area contributed by atoms with Crippen molar-refractivity contribution in [3.05, 3.63) is 59.2 Å². The number of carbonyl (C=O) groups excluding carboxylic acids is 2. The minimum absolute atomic E-state index is 0.172. The monoisotopic (exact) mass is 478 g/mol. The van der Waals surface area contributed by atoms with Crippen molar-refractivity contribution in [3.63, 3.8) is 0 Å². The molecule has 5 rings (SSSR count). The molecule has 0 aliphatic carbocycles. The van der Waals surface area contributed by atoms with Gasteiger partial charge in [0.1, 0.15) is 11.6 Å². The summed E-state index contributed by atoms with van der Waals surface area (Å²) in [7, 11) is 0. The largest absolute Gasteiger partial charge is 0.360 e. The van der Waals surface area contributed by atoms with Gasteiger partial charge in [0.25, 0.3) is 11.6 Å².